The molecule has 164 valence electrons. The summed E-state index contributed by atoms with van der Waals surface area (Å²) in [7, 11) is 1.56. The molecule has 7 heteroatoms. The zero-order chi connectivity index (χ0) is 22.9. The summed E-state index contributed by atoms with van der Waals surface area (Å²) < 4.78 is 0. The Labute approximate surface area is 187 Å². The lowest BCUT2D eigenvalue weighted by molar-refractivity contribution is -0.114. The minimum absolute atomic E-state index is 0.0144. The third-order valence-corrected chi connectivity index (χ3v) is 4.83. The van der Waals surface area contributed by atoms with E-state index in [-0.39, 0.29) is 24.3 Å². The highest BCUT2D eigenvalue weighted by atomic mass is 16.2. The molecule has 0 aromatic heterocycles. The lowest BCUT2D eigenvalue weighted by Gasteiger charge is -2.21. The van der Waals surface area contributed by atoms with Crippen molar-refractivity contribution in [2.75, 3.05) is 35.7 Å². The maximum atomic E-state index is 13.0. The minimum Gasteiger partial charge on any atom is -0.376 e. The Morgan fingerprint density at radius 2 is 1.47 bits per heavy atom. The van der Waals surface area contributed by atoms with E-state index in [1.807, 2.05) is 37.3 Å². The Kier molecular flexibility index (Phi) is 7.59. The summed E-state index contributed by atoms with van der Waals surface area (Å²) in [5, 5.41) is 8.37. The van der Waals surface area contributed by atoms with Crippen LogP contribution in [-0.2, 0) is 4.79 Å². The van der Waals surface area contributed by atoms with Gasteiger partial charge in [-0.25, -0.2) is 0 Å². The maximum Gasteiger partial charge on any atom is 0.258 e. The topological polar surface area (TPSA) is 90.5 Å². The molecule has 3 rings (SSSR count). The predicted molar refractivity (Wildman–Crippen MR) is 127 cm³/mol. The number of carbonyl (C=O) groups is 3. The van der Waals surface area contributed by atoms with E-state index < -0.39 is 0 Å². The van der Waals surface area contributed by atoms with Crippen molar-refractivity contribution in [2.24, 2.45) is 0 Å². The van der Waals surface area contributed by atoms with E-state index in [9.17, 15) is 14.4 Å². The number of hydrogen-bond donors (Lipinski definition) is 3. The molecule has 0 heterocycles. The summed E-state index contributed by atoms with van der Waals surface area (Å²) in [5.74, 6) is -0.606. The smallest absolute Gasteiger partial charge is 0.258 e. The predicted octanol–water partition coefficient (Wildman–Crippen LogP) is 3.76. The molecule has 3 aromatic carbocycles. The van der Waals surface area contributed by atoms with Crippen LogP contribution >= 0.6 is 0 Å². The van der Waals surface area contributed by atoms with Gasteiger partial charge in [-0.2, -0.15) is 0 Å². The number of anilines is 3. The molecule has 3 amide bonds. The molecule has 0 saturated carbocycles. The molecule has 0 spiro atoms. The van der Waals surface area contributed by atoms with Crippen LogP contribution in [-0.4, -0.2) is 37.9 Å². The van der Waals surface area contributed by atoms with E-state index in [2.05, 4.69) is 16.0 Å². The Balaban J connectivity index is 1.63. The first-order valence-corrected chi connectivity index (χ1v) is 10.3. The van der Waals surface area contributed by atoms with Crippen LogP contribution in [0, 0.1) is 0 Å². The molecule has 0 aliphatic rings. The van der Waals surface area contributed by atoms with Crippen LogP contribution in [0.4, 0.5) is 17.1 Å². The Bertz CT molecular complexity index is 1100. The summed E-state index contributed by atoms with van der Waals surface area (Å²) in [6.45, 7) is 2.46. The van der Waals surface area contributed by atoms with Crippen molar-refractivity contribution in [2.45, 2.75) is 6.92 Å². The second kappa shape index (κ2) is 10.8. The molecule has 3 N–H and O–H groups in total. The van der Waals surface area contributed by atoms with E-state index in [0.717, 1.165) is 5.69 Å². The number of carbonyl (C=O) groups excluding carboxylic acids is 3. The highest BCUT2D eigenvalue weighted by Crippen LogP contribution is 2.19. The zero-order valence-corrected chi connectivity index (χ0v) is 18.1. The number of rotatable bonds is 8. The Morgan fingerprint density at radius 1 is 0.812 bits per heavy atom. The van der Waals surface area contributed by atoms with Crippen LogP contribution in [0.1, 0.15) is 27.6 Å². The number of benzene rings is 3. The van der Waals surface area contributed by atoms with Gasteiger partial charge < -0.3 is 20.9 Å². The molecule has 3 aromatic rings. The highest BCUT2D eigenvalue weighted by molar-refractivity contribution is 6.07. The summed E-state index contributed by atoms with van der Waals surface area (Å²) in [4.78, 5) is 38.8. The summed E-state index contributed by atoms with van der Waals surface area (Å²) in [6.07, 6.45) is 0. The average Bonchev–Trinajstić information content (AvgIpc) is 2.83. The van der Waals surface area contributed by atoms with Gasteiger partial charge in [-0.05, 0) is 55.5 Å². The van der Waals surface area contributed by atoms with E-state index >= 15 is 0 Å². The van der Waals surface area contributed by atoms with Crippen LogP contribution in [0.25, 0.3) is 0 Å². The molecule has 0 unspecified atom stereocenters. The maximum absolute atomic E-state index is 13.0. The van der Waals surface area contributed by atoms with Crippen LogP contribution in [0.15, 0.2) is 78.9 Å². The first-order chi connectivity index (χ1) is 15.5. The Hall–Kier alpha value is -4.13. The minimum atomic E-state index is -0.268. The van der Waals surface area contributed by atoms with Crippen molar-refractivity contribution < 1.29 is 14.4 Å². The van der Waals surface area contributed by atoms with E-state index in [1.54, 1.807) is 60.5 Å². The molecule has 0 bridgehead atoms. The molecule has 0 aliphatic heterocycles. The largest absolute Gasteiger partial charge is 0.376 e. The van der Waals surface area contributed by atoms with Gasteiger partial charge in [0.05, 0.1) is 6.54 Å². The fourth-order valence-corrected chi connectivity index (χ4v) is 3.24. The van der Waals surface area contributed by atoms with Gasteiger partial charge in [0.2, 0.25) is 5.91 Å². The van der Waals surface area contributed by atoms with Crippen molar-refractivity contribution >= 4 is 34.8 Å². The molecule has 0 atom stereocenters. The van der Waals surface area contributed by atoms with Gasteiger partial charge in [-0.15, -0.1) is 0 Å². The van der Waals surface area contributed by atoms with E-state index in [4.69, 9.17) is 0 Å². The van der Waals surface area contributed by atoms with Crippen LogP contribution in [0.3, 0.4) is 0 Å². The number of nitrogens with zero attached hydrogens (tertiary/aromatic N) is 1. The second-order valence-electron chi connectivity index (χ2n) is 7.03. The van der Waals surface area contributed by atoms with Gasteiger partial charge >= 0.3 is 0 Å². The van der Waals surface area contributed by atoms with Crippen molar-refractivity contribution in [1.29, 1.82) is 0 Å². The van der Waals surface area contributed by atoms with Crippen molar-refractivity contribution in [1.82, 2.24) is 5.32 Å². The van der Waals surface area contributed by atoms with Gasteiger partial charge in [-0.1, -0.05) is 30.3 Å². The van der Waals surface area contributed by atoms with Gasteiger partial charge in [0.15, 0.2) is 0 Å². The molecule has 32 heavy (non-hydrogen) atoms. The molecule has 0 radical (unpaired) electrons. The van der Waals surface area contributed by atoms with Crippen molar-refractivity contribution in [3.8, 4) is 0 Å². The van der Waals surface area contributed by atoms with Gasteiger partial charge in [0.25, 0.3) is 11.8 Å². The van der Waals surface area contributed by atoms with Crippen LogP contribution in [0.2, 0.25) is 0 Å². The quantitative estimate of drug-likeness (QED) is 0.508. The SMILES string of the molecule is CCN(C(=O)c1cccc(NC(=O)CNc2cccc(C(=O)NC)c2)c1)c1ccccc1. The first kappa shape index (κ1) is 22.6. The van der Waals surface area contributed by atoms with Crippen molar-refractivity contribution in [3.63, 3.8) is 0 Å². The molecular weight excluding hydrogens is 404 g/mol. The number of para-hydroxylation sites is 1. The number of amides is 3. The summed E-state index contributed by atoms with van der Waals surface area (Å²) in [5.41, 5.74) is 3.00. The molecule has 7 nitrogen and oxygen atoms in total. The molecule has 0 saturated heterocycles. The van der Waals surface area contributed by atoms with Gasteiger partial charge in [0, 0.05) is 41.8 Å². The number of nitrogens with one attached hydrogen (secondary N) is 3. The Morgan fingerprint density at radius 3 is 2.16 bits per heavy atom. The molecule has 0 fully saturated rings. The average molecular weight is 431 g/mol. The van der Waals surface area contributed by atoms with Gasteiger partial charge in [-0.3, -0.25) is 14.4 Å². The second-order valence-corrected chi connectivity index (χ2v) is 7.03. The third kappa shape index (κ3) is 5.72. The highest BCUT2D eigenvalue weighted by Gasteiger charge is 2.16. The standard InChI is InChI=1S/C25H26N4O3/c1-3-29(22-13-5-4-6-14-22)25(32)19-10-8-12-21(16-19)28-23(30)17-27-20-11-7-9-18(15-20)24(31)26-2/h4-16,27H,3,17H2,1-2H3,(H,26,31)(H,28,30). The van der Waals surface area contributed by atoms with E-state index in [1.165, 1.54) is 0 Å². The van der Waals surface area contributed by atoms with E-state index in [0.29, 0.717) is 29.0 Å². The zero-order valence-electron chi connectivity index (χ0n) is 18.1. The number of hydrogen-bond acceptors (Lipinski definition) is 4. The summed E-state index contributed by atoms with van der Waals surface area (Å²) >= 11 is 0. The summed E-state index contributed by atoms with van der Waals surface area (Å²) in [6, 6.07) is 23.2. The van der Waals surface area contributed by atoms with Crippen LogP contribution in [0.5, 0.6) is 0 Å². The third-order valence-electron chi connectivity index (χ3n) is 4.83. The molecular formula is C25H26N4O3. The monoisotopic (exact) mass is 430 g/mol. The molecule has 0 aliphatic carbocycles. The lowest BCUT2D eigenvalue weighted by Crippen LogP contribution is -2.30. The lowest BCUT2D eigenvalue weighted by atomic mass is 10.1. The van der Waals surface area contributed by atoms with Crippen molar-refractivity contribution in [3.05, 3.63) is 90.0 Å². The normalized spacial score (nSPS) is 10.2. The fraction of sp³-hybridized carbons (Fsp3) is 0.160. The van der Waals surface area contributed by atoms with Crippen LogP contribution < -0.4 is 20.9 Å². The first-order valence-electron chi connectivity index (χ1n) is 10.3. The fourth-order valence-electron chi connectivity index (χ4n) is 3.24. The van der Waals surface area contributed by atoms with Gasteiger partial charge in [0.1, 0.15) is 0 Å².